The van der Waals surface area contributed by atoms with E-state index in [-0.39, 0.29) is 6.79 Å². The molecular weight excluding hydrogens is 216 g/mol. The van der Waals surface area contributed by atoms with Gasteiger partial charge in [0, 0.05) is 5.56 Å². The first-order valence-corrected chi connectivity index (χ1v) is 6.06. The summed E-state index contributed by atoms with van der Waals surface area (Å²) in [6.07, 6.45) is 0. The zero-order valence-corrected chi connectivity index (χ0v) is 11.2. The quantitative estimate of drug-likeness (QED) is 0.801. The molecule has 0 bridgehead atoms. The summed E-state index contributed by atoms with van der Waals surface area (Å²) in [6, 6.07) is 2.09. The minimum Gasteiger partial charge on any atom is -0.492 e. The molecule has 3 nitrogen and oxygen atoms in total. The molecule has 3 heteroatoms. The van der Waals surface area contributed by atoms with E-state index in [0.29, 0.717) is 11.8 Å². The summed E-state index contributed by atoms with van der Waals surface area (Å²) in [6.45, 7) is 8.99. The van der Waals surface area contributed by atoms with Crippen LogP contribution < -0.4 is 14.2 Å². The van der Waals surface area contributed by atoms with Gasteiger partial charge in [0.25, 0.3) is 0 Å². The molecule has 0 fully saturated rings. The second kappa shape index (κ2) is 4.47. The molecule has 0 spiro atoms. The van der Waals surface area contributed by atoms with Gasteiger partial charge in [-0.25, -0.2) is 0 Å². The lowest BCUT2D eigenvalue weighted by Gasteiger charge is -2.20. The van der Waals surface area contributed by atoms with E-state index in [1.165, 1.54) is 11.1 Å². The topological polar surface area (TPSA) is 27.7 Å². The molecule has 0 unspecified atom stereocenters. The molecule has 94 valence electrons. The van der Waals surface area contributed by atoms with E-state index >= 15 is 0 Å². The average Bonchev–Trinajstić information content (AvgIpc) is 2.73. The number of methoxy groups -OCH3 is 1. The summed E-state index contributed by atoms with van der Waals surface area (Å²) < 4.78 is 16.5. The van der Waals surface area contributed by atoms with Gasteiger partial charge in [-0.15, -0.1) is 0 Å². The van der Waals surface area contributed by atoms with Gasteiger partial charge in [0.05, 0.1) is 7.11 Å². The molecule has 1 aliphatic rings. The number of benzene rings is 1. The Hall–Kier alpha value is -1.38. The summed E-state index contributed by atoms with van der Waals surface area (Å²) in [7, 11) is 1.69. The van der Waals surface area contributed by atoms with Crippen LogP contribution in [-0.2, 0) is 0 Å². The highest BCUT2D eigenvalue weighted by Crippen LogP contribution is 2.48. The molecule has 0 radical (unpaired) electrons. The third kappa shape index (κ3) is 1.94. The van der Waals surface area contributed by atoms with Crippen molar-refractivity contribution in [2.45, 2.75) is 39.5 Å². The normalized spacial score (nSPS) is 13.6. The van der Waals surface area contributed by atoms with Gasteiger partial charge in [-0.3, -0.25) is 0 Å². The first kappa shape index (κ1) is 12.1. The van der Waals surface area contributed by atoms with Crippen molar-refractivity contribution in [2.75, 3.05) is 13.9 Å². The monoisotopic (exact) mass is 236 g/mol. The van der Waals surface area contributed by atoms with Crippen molar-refractivity contribution >= 4 is 0 Å². The van der Waals surface area contributed by atoms with Gasteiger partial charge in [-0.05, 0) is 23.5 Å². The summed E-state index contributed by atoms with van der Waals surface area (Å²) in [5.41, 5.74) is 2.51. The van der Waals surface area contributed by atoms with E-state index in [4.69, 9.17) is 14.2 Å². The maximum absolute atomic E-state index is 5.54. The van der Waals surface area contributed by atoms with E-state index in [9.17, 15) is 0 Å². The molecule has 1 heterocycles. The molecule has 0 saturated heterocycles. The van der Waals surface area contributed by atoms with Gasteiger partial charge in [-0.2, -0.15) is 0 Å². The molecule has 2 rings (SSSR count). The molecule has 0 aromatic heterocycles. The predicted octanol–water partition coefficient (Wildman–Crippen LogP) is 3.67. The SMILES string of the molecule is COc1c2c(cc(C(C)C)c1C(C)C)OCO2. The number of ether oxygens (including phenoxy) is 3. The second-order valence-electron chi connectivity index (χ2n) is 4.96. The standard InChI is InChI=1S/C14H20O3/c1-8(2)10-6-11-13(17-7-16-11)14(15-5)12(10)9(3)4/h6,8-9H,7H2,1-5H3. The highest BCUT2D eigenvalue weighted by atomic mass is 16.7. The van der Waals surface area contributed by atoms with Gasteiger partial charge in [0.2, 0.25) is 12.5 Å². The number of fused-ring (bicyclic) bond motifs is 1. The molecule has 0 saturated carbocycles. The Labute approximate surface area is 103 Å². The lowest BCUT2D eigenvalue weighted by atomic mass is 9.89. The predicted molar refractivity (Wildman–Crippen MR) is 67.3 cm³/mol. The van der Waals surface area contributed by atoms with E-state index in [1.807, 2.05) is 0 Å². The van der Waals surface area contributed by atoms with E-state index in [0.717, 1.165) is 17.2 Å². The highest BCUT2D eigenvalue weighted by Gasteiger charge is 2.27. The minimum absolute atomic E-state index is 0.283. The Kier molecular flexibility index (Phi) is 3.18. The molecule has 0 amide bonds. The first-order valence-electron chi connectivity index (χ1n) is 6.06. The summed E-state index contributed by atoms with van der Waals surface area (Å²) >= 11 is 0. The molecule has 1 aliphatic heterocycles. The zero-order valence-electron chi connectivity index (χ0n) is 11.2. The Morgan fingerprint density at radius 2 is 1.82 bits per heavy atom. The van der Waals surface area contributed by atoms with Crippen LogP contribution in [0.2, 0.25) is 0 Å². The van der Waals surface area contributed by atoms with E-state index in [1.54, 1.807) is 7.11 Å². The Balaban J connectivity index is 2.68. The largest absolute Gasteiger partial charge is 0.492 e. The van der Waals surface area contributed by atoms with Crippen LogP contribution in [0.15, 0.2) is 6.07 Å². The Morgan fingerprint density at radius 3 is 2.35 bits per heavy atom. The van der Waals surface area contributed by atoms with Crippen LogP contribution >= 0.6 is 0 Å². The maximum Gasteiger partial charge on any atom is 0.231 e. The van der Waals surface area contributed by atoms with Crippen molar-refractivity contribution in [1.82, 2.24) is 0 Å². The summed E-state index contributed by atoms with van der Waals surface area (Å²) in [5.74, 6) is 3.22. The third-order valence-corrected chi connectivity index (χ3v) is 3.09. The van der Waals surface area contributed by atoms with Crippen molar-refractivity contribution in [1.29, 1.82) is 0 Å². The number of hydrogen-bond donors (Lipinski definition) is 0. The van der Waals surface area contributed by atoms with Gasteiger partial charge in [0.1, 0.15) is 0 Å². The third-order valence-electron chi connectivity index (χ3n) is 3.09. The fourth-order valence-electron chi connectivity index (χ4n) is 2.32. The lowest BCUT2D eigenvalue weighted by Crippen LogP contribution is -2.03. The van der Waals surface area contributed by atoms with Crippen molar-refractivity contribution in [2.24, 2.45) is 0 Å². The van der Waals surface area contributed by atoms with Crippen LogP contribution in [0.1, 0.15) is 50.7 Å². The molecule has 1 aromatic carbocycles. The van der Waals surface area contributed by atoms with Crippen LogP contribution in [0.4, 0.5) is 0 Å². The second-order valence-corrected chi connectivity index (χ2v) is 4.96. The van der Waals surface area contributed by atoms with Crippen LogP contribution in [0.3, 0.4) is 0 Å². The molecule has 0 atom stereocenters. The van der Waals surface area contributed by atoms with E-state index < -0.39 is 0 Å². The highest BCUT2D eigenvalue weighted by molar-refractivity contribution is 5.61. The van der Waals surface area contributed by atoms with E-state index in [2.05, 4.69) is 33.8 Å². The minimum atomic E-state index is 0.283. The molecular formula is C14H20O3. The summed E-state index contributed by atoms with van der Waals surface area (Å²) in [4.78, 5) is 0. The fraction of sp³-hybridized carbons (Fsp3) is 0.571. The van der Waals surface area contributed by atoms with Crippen molar-refractivity contribution in [3.05, 3.63) is 17.2 Å². The average molecular weight is 236 g/mol. The molecule has 0 aliphatic carbocycles. The Morgan fingerprint density at radius 1 is 1.12 bits per heavy atom. The van der Waals surface area contributed by atoms with Gasteiger partial charge in [0.15, 0.2) is 11.5 Å². The first-order chi connectivity index (χ1) is 8.06. The lowest BCUT2D eigenvalue weighted by molar-refractivity contribution is 0.171. The van der Waals surface area contributed by atoms with Gasteiger partial charge in [-0.1, -0.05) is 27.7 Å². The fourth-order valence-corrected chi connectivity index (χ4v) is 2.32. The van der Waals surface area contributed by atoms with Crippen LogP contribution in [0.5, 0.6) is 17.2 Å². The number of hydrogen-bond acceptors (Lipinski definition) is 3. The van der Waals surface area contributed by atoms with Gasteiger partial charge < -0.3 is 14.2 Å². The van der Waals surface area contributed by atoms with Crippen LogP contribution in [0, 0.1) is 0 Å². The van der Waals surface area contributed by atoms with Crippen molar-refractivity contribution in [3.8, 4) is 17.2 Å². The van der Waals surface area contributed by atoms with Crippen LogP contribution in [0.25, 0.3) is 0 Å². The maximum atomic E-state index is 5.54. The smallest absolute Gasteiger partial charge is 0.231 e. The Bertz CT molecular complexity index is 422. The molecule has 1 aromatic rings. The number of rotatable bonds is 3. The van der Waals surface area contributed by atoms with Crippen molar-refractivity contribution in [3.63, 3.8) is 0 Å². The zero-order chi connectivity index (χ0) is 12.6. The van der Waals surface area contributed by atoms with Gasteiger partial charge >= 0.3 is 0 Å². The summed E-state index contributed by atoms with van der Waals surface area (Å²) in [5, 5.41) is 0. The molecule has 0 N–H and O–H groups in total. The van der Waals surface area contributed by atoms with Crippen LogP contribution in [-0.4, -0.2) is 13.9 Å². The van der Waals surface area contributed by atoms with Crippen molar-refractivity contribution < 1.29 is 14.2 Å². The molecule has 17 heavy (non-hydrogen) atoms.